The van der Waals surface area contributed by atoms with Gasteiger partial charge in [0.2, 0.25) is 5.91 Å². The van der Waals surface area contributed by atoms with Crippen molar-refractivity contribution < 1.29 is 14.7 Å². The Bertz CT molecular complexity index is 394. The maximum atomic E-state index is 11.6. The Morgan fingerprint density at radius 2 is 1.94 bits per heavy atom. The summed E-state index contributed by atoms with van der Waals surface area (Å²) >= 11 is 4.01. The first kappa shape index (κ1) is 13.6. The largest absolute Gasteiger partial charge is 0.479 e. The van der Waals surface area contributed by atoms with Gasteiger partial charge in [-0.3, -0.25) is 4.79 Å². The molecule has 0 aliphatic heterocycles. The van der Waals surface area contributed by atoms with Crippen LogP contribution in [-0.4, -0.2) is 22.7 Å². The summed E-state index contributed by atoms with van der Waals surface area (Å²) in [5.41, 5.74) is 0.555. The number of benzene rings is 1. The average Bonchev–Trinajstić information content (AvgIpc) is 2.35. The zero-order chi connectivity index (χ0) is 12.8. The summed E-state index contributed by atoms with van der Waals surface area (Å²) in [6, 6.07) is 7.60. The van der Waals surface area contributed by atoms with E-state index in [9.17, 15) is 9.59 Å². The van der Waals surface area contributed by atoms with Crippen LogP contribution < -0.4 is 5.32 Å². The molecule has 5 heteroatoms. The second-order valence-corrected chi connectivity index (χ2v) is 4.14. The van der Waals surface area contributed by atoms with Crippen molar-refractivity contribution in [1.29, 1.82) is 0 Å². The molecule has 17 heavy (non-hydrogen) atoms. The zero-order valence-electron chi connectivity index (χ0n) is 9.46. The molecule has 0 radical (unpaired) electrons. The first-order valence-electron chi connectivity index (χ1n) is 5.25. The quantitative estimate of drug-likeness (QED) is 0.697. The molecule has 0 aliphatic rings. The fourth-order valence-electron chi connectivity index (χ4n) is 1.30. The van der Waals surface area contributed by atoms with Crippen LogP contribution in [-0.2, 0) is 9.59 Å². The third-order valence-corrected chi connectivity index (χ3v) is 2.94. The topological polar surface area (TPSA) is 66.4 Å². The van der Waals surface area contributed by atoms with Crippen LogP contribution in [0.1, 0.15) is 18.5 Å². The summed E-state index contributed by atoms with van der Waals surface area (Å²) in [6.07, 6.45) is 0. The first-order chi connectivity index (χ1) is 8.06. The van der Waals surface area contributed by atoms with Crippen LogP contribution in [0, 0.1) is 5.92 Å². The Balaban J connectivity index is 2.82. The molecular formula is C12H15NO3S. The molecule has 0 aliphatic carbocycles. The van der Waals surface area contributed by atoms with Crippen molar-refractivity contribution in [3.63, 3.8) is 0 Å². The van der Waals surface area contributed by atoms with Crippen LogP contribution in [0.25, 0.3) is 0 Å². The fourth-order valence-corrected chi connectivity index (χ4v) is 1.47. The van der Waals surface area contributed by atoms with Crippen LogP contribution in [0.5, 0.6) is 0 Å². The van der Waals surface area contributed by atoms with Gasteiger partial charge in [-0.05, 0) is 5.56 Å². The van der Waals surface area contributed by atoms with Gasteiger partial charge in [0.15, 0.2) is 6.04 Å². The molecule has 1 amide bonds. The predicted molar refractivity (Wildman–Crippen MR) is 68.0 cm³/mol. The van der Waals surface area contributed by atoms with Crippen LogP contribution >= 0.6 is 12.6 Å². The smallest absolute Gasteiger partial charge is 0.330 e. The molecule has 92 valence electrons. The second kappa shape index (κ2) is 6.30. The number of nitrogens with one attached hydrogen (secondary N) is 1. The number of thiol groups is 1. The second-order valence-electron chi connectivity index (χ2n) is 3.77. The van der Waals surface area contributed by atoms with E-state index in [4.69, 9.17) is 5.11 Å². The van der Waals surface area contributed by atoms with Crippen molar-refractivity contribution in [1.82, 2.24) is 5.32 Å². The highest BCUT2D eigenvalue weighted by Gasteiger charge is 2.23. The summed E-state index contributed by atoms with van der Waals surface area (Å²) in [5.74, 6) is -1.32. The van der Waals surface area contributed by atoms with Gasteiger partial charge in [-0.15, -0.1) is 0 Å². The van der Waals surface area contributed by atoms with Crippen LogP contribution in [0.3, 0.4) is 0 Å². The van der Waals surface area contributed by atoms with E-state index in [2.05, 4.69) is 17.9 Å². The molecule has 1 aromatic rings. The normalized spacial score (nSPS) is 13.8. The number of carbonyl (C=O) groups excluding carboxylic acids is 1. The van der Waals surface area contributed by atoms with Crippen molar-refractivity contribution in [3.05, 3.63) is 35.9 Å². The summed E-state index contributed by atoms with van der Waals surface area (Å²) in [4.78, 5) is 22.8. The maximum Gasteiger partial charge on any atom is 0.330 e. The molecule has 2 N–H and O–H groups in total. The lowest BCUT2D eigenvalue weighted by molar-refractivity contribution is -0.142. The highest BCUT2D eigenvalue weighted by molar-refractivity contribution is 7.80. The van der Waals surface area contributed by atoms with Gasteiger partial charge >= 0.3 is 5.97 Å². The van der Waals surface area contributed by atoms with Gasteiger partial charge in [0, 0.05) is 11.7 Å². The molecular weight excluding hydrogens is 238 g/mol. The third kappa shape index (κ3) is 3.78. The predicted octanol–water partition coefficient (Wildman–Crippen LogP) is 1.49. The highest BCUT2D eigenvalue weighted by Crippen LogP contribution is 2.13. The van der Waals surface area contributed by atoms with Gasteiger partial charge in [-0.25, -0.2) is 4.79 Å². The number of hydrogen-bond acceptors (Lipinski definition) is 3. The molecule has 1 rings (SSSR count). The zero-order valence-corrected chi connectivity index (χ0v) is 10.4. The first-order valence-corrected chi connectivity index (χ1v) is 5.88. The van der Waals surface area contributed by atoms with Crippen molar-refractivity contribution in [2.24, 2.45) is 5.92 Å². The Morgan fingerprint density at radius 3 is 2.41 bits per heavy atom. The average molecular weight is 253 g/mol. The van der Waals surface area contributed by atoms with E-state index in [1.807, 2.05) is 0 Å². The van der Waals surface area contributed by atoms with Gasteiger partial charge < -0.3 is 10.4 Å². The summed E-state index contributed by atoms with van der Waals surface area (Å²) in [7, 11) is 0. The van der Waals surface area contributed by atoms with Gasteiger partial charge in [-0.1, -0.05) is 37.3 Å². The molecule has 0 bridgehead atoms. The Morgan fingerprint density at radius 1 is 1.35 bits per heavy atom. The summed E-state index contributed by atoms with van der Waals surface area (Å²) < 4.78 is 0. The van der Waals surface area contributed by atoms with Gasteiger partial charge in [0.1, 0.15) is 0 Å². The number of hydrogen-bond donors (Lipinski definition) is 3. The Hall–Kier alpha value is -1.49. The number of carboxylic acids is 1. The van der Waals surface area contributed by atoms with Crippen LogP contribution in [0.4, 0.5) is 0 Å². The minimum Gasteiger partial charge on any atom is -0.479 e. The number of carboxylic acid groups (broad SMARTS) is 1. The minimum atomic E-state index is -1.07. The molecule has 0 saturated heterocycles. The molecule has 2 atom stereocenters. The van der Waals surface area contributed by atoms with Crippen LogP contribution in [0.15, 0.2) is 30.3 Å². The highest BCUT2D eigenvalue weighted by atomic mass is 32.1. The van der Waals surface area contributed by atoms with Gasteiger partial charge in [0.25, 0.3) is 0 Å². The number of aliphatic carboxylic acids is 1. The lowest BCUT2D eigenvalue weighted by Gasteiger charge is -2.17. The number of rotatable bonds is 5. The molecule has 0 heterocycles. The van der Waals surface area contributed by atoms with E-state index in [0.717, 1.165) is 0 Å². The van der Waals surface area contributed by atoms with Crippen molar-refractivity contribution in [2.75, 3.05) is 5.75 Å². The van der Waals surface area contributed by atoms with E-state index < -0.39 is 12.0 Å². The Labute approximate surface area is 105 Å². The van der Waals surface area contributed by atoms with Gasteiger partial charge in [-0.2, -0.15) is 12.6 Å². The van der Waals surface area contributed by atoms with Crippen LogP contribution in [0.2, 0.25) is 0 Å². The summed E-state index contributed by atoms with van der Waals surface area (Å²) in [5, 5.41) is 11.6. The molecule has 0 fully saturated rings. The number of carbonyl (C=O) groups is 2. The lowest BCUT2D eigenvalue weighted by atomic mass is 10.1. The van der Waals surface area contributed by atoms with Crippen molar-refractivity contribution in [3.8, 4) is 0 Å². The molecule has 0 saturated carbocycles. The van der Waals surface area contributed by atoms with E-state index in [1.54, 1.807) is 37.3 Å². The van der Waals surface area contributed by atoms with Crippen molar-refractivity contribution in [2.45, 2.75) is 13.0 Å². The molecule has 0 aromatic heterocycles. The standard InChI is InChI=1S/C12H15NO3S/c1-8(7-17)11(14)13-10(12(15)16)9-5-3-2-4-6-9/h2-6,8,10,17H,7H2,1H3,(H,13,14)(H,15,16)/t8?,10-/m1/s1. The molecule has 0 spiro atoms. The summed E-state index contributed by atoms with van der Waals surface area (Å²) in [6.45, 7) is 1.70. The fraction of sp³-hybridized carbons (Fsp3) is 0.333. The van der Waals surface area contributed by atoms with Crippen molar-refractivity contribution >= 4 is 24.5 Å². The van der Waals surface area contributed by atoms with E-state index in [1.165, 1.54) is 0 Å². The van der Waals surface area contributed by atoms with Gasteiger partial charge in [0.05, 0.1) is 0 Å². The molecule has 1 aromatic carbocycles. The Kier molecular flexibility index (Phi) is 5.03. The monoisotopic (exact) mass is 253 g/mol. The van der Waals surface area contributed by atoms with E-state index >= 15 is 0 Å². The SMILES string of the molecule is CC(CS)C(=O)N[C@@H](C(=O)O)c1ccccc1. The minimum absolute atomic E-state index is 0.309. The third-order valence-electron chi connectivity index (χ3n) is 2.39. The molecule has 1 unspecified atom stereocenters. The number of amides is 1. The van der Waals surface area contributed by atoms with E-state index in [-0.39, 0.29) is 11.8 Å². The lowest BCUT2D eigenvalue weighted by Crippen LogP contribution is -2.37. The van der Waals surface area contributed by atoms with E-state index in [0.29, 0.717) is 11.3 Å². The molecule has 4 nitrogen and oxygen atoms in total. The maximum absolute atomic E-state index is 11.6.